The Hall–Kier alpha value is -5.19. The molecule has 512 valence electrons. The fourth-order valence-electron chi connectivity index (χ4n) is 12.7. The maximum atomic E-state index is 3.90. The van der Waals surface area contributed by atoms with Gasteiger partial charge < -0.3 is 24.8 Å². The van der Waals surface area contributed by atoms with Gasteiger partial charge in [0.05, 0.1) is 0 Å². The Bertz CT molecular complexity index is 3560. The van der Waals surface area contributed by atoms with Gasteiger partial charge in [0.2, 0.25) is 0 Å². The molecule has 0 aliphatic heterocycles. The molecule has 0 heterocycles. The van der Waals surface area contributed by atoms with Crippen LogP contribution in [0.15, 0.2) is 194 Å². The summed E-state index contributed by atoms with van der Waals surface area (Å²) >= 11 is 2.92. The fraction of sp³-hybridized carbons (Fsp3) is 0.383. The molecule has 4 heteroatoms. The molecule has 0 aromatic heterocycles. The fourth-order valence-corrected chi connectivity index (χ4v) is 14.3. The topological polar surface area (TPSA) is 0 Å². The number of allylic oxidation sites excluding steroid dienone is 8. The van der Waals surface area contributed by atoms with E-state index in [9.17, 15) is 0 Å². The van der Waals surface area contributed by atoms with Crippen LogP contribution < -0.4 is 24.8 Å². The Morgan fingerprint density at radius 1 is 0.296 bits per heavy atom. The summed E-state index contributed by atoms with van der Waals surface area (Å²) in [4.78, 5) is 0. The molecule has 0 amide bonds. The summed E-state index contributed by atoms with van der Waals surface area (Å²) in [6, 6.07) is 65.0. The van der Waals surface area contributed by atoms with Gasteiger partial charge in [-0.25, -0.2) is 24.3 Å². The van der Waals surface area contributed by atoms with Gasteiger partial charge in [0.1, 0.15) is 0 Å². The third-order valence-corrected chi connectivity index (χ3v) is 20.7. The quantitative estimate of drug-likeness (QED) is 0.154. The van der Waals surface area contributed by atoms with Crippen molar-refractivity contribution in [1.29, 1.82) is 0 Å². The molecule has 0 spiro atoms. The third-order valence-electron chi connectivity index (χ3n) is 17.9. The van der Waals surface area contributed by atoms with Crippen molar-refractivity contribution in [3.8, 4) is 22.3 Å². The van der Waals surface area contributed by atoms with Crippen LogP contribution in [0.5, 0.6) is 0 Å². The zero-order valence-electron chi connectivity index (χ0n) is 64.1. The van der Waals surface area contributed by atoms with Crippen molar-refractivity contribution in [2.75, 3.05) is 0 Å². The van der Waals surface area contributed by atoms with Crippen LogP contribution in [0.25, 0.3) is 22.3 Å². The van der Waals surface area contributed by atoms with Crippen molar-refractivity contribution < 1.29 is 73.3 Å². The Morgan fingerprint density at radius 3 is 0.724 bits per heavy atom. The van der Waals surface area contributed by atoms with Gasteiger partial charge >= 0.3 is 198 Å². The number of benzene rings is 8. The average Bonchev–Trinajstić information content (AvgIpc) is 1.56. The molecule has 0 atom stereocenters. The molecule has 0 nitrogen and oxygen atoms in total. The van der Waals surface area contributed by atoms with Crippen LogP contribution >= 0.6 is 0 Å². The van der Waals surface area contributed by atoms with Crippen molar-refractivity contribution in [1.82, 2.24) is 0 Å². The normalized spacial score (nSPS) is 13.3. The molecule has 4 aliphatic carbocycles. The van der Waals surface area contributed by atoms with Crippen LogP contribution in [0.4, 0.5) is 0 Å². The van der Waals surface area contributed by atoms with Crippen LogP contribution in [-0.4, -0.2) is 6.41 Å². The number of hydrogen-bond donors (Lipinski definition) is 0. The van der Waals surface area contributed by atoms with E-state index in [0.29, 0.717) is 0 Å². The number of halogens is 2. The van der Waals surface area contributed by atoms with E-state index in [1.807, 2.05) is 24.3 Å². The Morgan fingerprint density at radius 2 is 0.531 bits per heavy atom. The predicted molar refractivity (Wildman–Crippen MR) is 412 cm³/mol. The molecule has 0 fully saturated rings. The van der Waals surface area contributed by atoms with Gasteiger partial charge in [0.15, 0.2) is 0 Å². The van der Waals surface area contributed by atoms with E-state index >= 15 is 0 Å². The molecule has 0 bridgehead atoms. The van der Waals surface area contributed by atoms with Crippen LogP contribution in [0.3, 0.4) is 0 Å². The van der Waals surface area contributed by atoms with Crippen molar-refractivity contribution >= 4 is 6.41 Å². The van der Waals surface area contributed by atoms with Crippen LogP contribution in [0, 0.1) is 24.3 Å². The summed E-state index contributed by atoms with van der Waals surface area (Å²) in [5, 5.41) is 0. The summed E-state index contributed by atoms with van der Waals surface area (Å²) in [6.07, 6.45) is 22.0. The van der Waals surface area contributed by atoms with E-state index < -0.39 is 0 Å². The van der Waals surface area contributed by atoms with E-state index in [1.165, 1.54) is 166 Å². The number of fused-ring (bicyclic) bond motifs is 6. The van der Waals surface area contributed by atoms with Gasteiger partial charge in [-0.05, 0) is 78.7 Å². The van der Waals surface area contributed by atoms with Crippen LogP contribution in [-0.2, 0) is 105 Å². The summed E-state index contributed by atoms with van der Waals surface area (Å²) in [6.45, 7) is 56.0. The van der Waals surface area contributed by atoms with E-state index in [-0.39, 0.29) is 68.1 Å². The standard InChI is InChI=1S/2C29H41.2C13H10.2C5H5.2ClH.2Zr/c2*1-26(2,3)22-14-18-13-19-15-23(27(4,5)6)25(29(10,11)12)17-21(19)20(18)16-24(22)28(7,8)9;2*1-3-7-12(8-4-1)11-13-9-5-2-6-10-13;2*1-2-4-5-3-1;;;;/h2*14,16-17H,13H2,1-12H3;2*1-10H;2*1-3H,4H2;2*1H;;/q2*-1;;;2*-1;;;2*+2/p-2. The Labute approximate surface area is 638 Å². The van der Waals surface area contributed by atoms with Gasteiger partial charge in [-0.1, -0.05) is 212 Å². The Balaban J connectivity index is 0.000000232. The Kier molecular flexibility index (Phi) is 29.1. The van der Waals surface area contributed by atoms with E-state index in [2.05, 4.69) is 360 Å². The summed E-state index contributed by atoms with van der Waals surface area (Å²) in [5.41, 5.74) is 29.2. The molecule has 0 saturated carbocycles. The van der Waals surface area contributed by atoms with Crippen molar-refractivity contribution in [2.24, 2.45) is 0 Å². The van der Waals surface area contributed by atoms with E-state index in [0.717, 1.165) is 25.7 Å². The second-order valence-electron chi connectivity index (χ2n) is 34.6. The molecule has 0 unspecified atom stereocenters. The zero-order valence-corrected chi connectivity index (χ0v) is 70.5. The van der Waals surface area contributed by atoms with E-state index in [1.54, 1.807) is 0 Å². The second-order valence-corrected chi connectivity index (χ2v) is 37.0. The molecule has 0 N–H and O–H groups in total. The van der Waals surface area contributed by atoms with Gasteiger partial charge in [-0.15, -0.1) is 46.2 Å². The third kappa shape index (κ3) is 22.4. The molecular formula is C94H112Cl2Zr2-2. The molecule has 8 aromatic rings. The summed E-state index contributed by atoms with van der Waals surface area (Å²) < 4.78 is 2.83. The average molecular weight is 1500 g/mol. The van der Waals surface area contributed by atoms with E-state index in [4.69, 9.17) is 0 Å². The van der Waals surface area contributed by atoms with Gasteiger partial charge in [0.25, 0.3) is 0 Å². The first-order valence-electron chi connectivity index (χ1n) is 35.0. The predicted octanol–water partition coefficient (Wildman–Crippen LogP) is 18.7. The van der Waals surface area contributed by atoms with Gasteiger partial charge in [-0.2, -0.15) is 47.5 Å². The van der Waals surface area contributed by atoms with Crippen molar-refractivity contribution in [3.63, 3.8) is 0 Å². The summed E-state index contributed by atoms with van der Waals surface area (Å²) in [7, 11) is 0. The molecule has 0 saturated heterocycles. The summed E-state index contributed by atoms with van der Waals surface area (Å²) in [5.74, 6) is 0. The minimum absolute atomic E-state index is 0. The van der Waals surface area contributed by atoms with Gasteiger partial charge in [-0.3, -0.25) is 12.2 Å². The SMILES string of the molecule is CC(C)(C)c1[c-]c2c(cc1C(C)(C)C)-c1cc(C(C)(C)C)c(C(C)(C)C)cc1C2.CC(C)(C)c1[c-]c2c(cc1C(C)(C)C)-c1cc(C(C)(C)C)c(C(C)(C)C)cc1C2.[C-]1=CC=CC1.[C-]1=CC=CC1.[Cl-].[Cl-].[Zr+2]=[C](c1ccccc1)c1ccccc1.[Zr+2]=[C](c1ccccc1)c1ccccc1. The number of hydrogen-bond acceptors (Lipinski definition) is 0. The van der Waals surface area contributed by atoms with Gasteiger partial charge in [0, 0.05) is 0 Å². The van der Waals surface area contributed by atoms with Crippen molar-refractivity contribution in [2.45, 2.75) is 235 Å². The van der Waals surface area contributed by atoms with Crippen LogP contribution in [0.2, 0.25) is 0 Å². The molecule has 12 rings (SSSR count). The first-order chi connectivity index (χ1) is 44.6. The van der Waals surface area contributed by atoms with Crippen LogP contribution in [0.1, 0.15) is 268 Å². The molecule has 4 aliphatic rings. The zero-order chi connectivity index (χ0) is 71.0. The monoisotopic (exact) mass is 1490 g/mol. The molecule has 0 radical (unpaired) electrons. The number of rotatable bonds is 4. The molecular weight excluding hydrogens is 1380 g/mol. The molecule has 98 heavy (non-hydrogen) atoms. The first kappa shape index (κ1) is 83.5. The first-order valence-corrected chi connectivity index (χ1v) is 37.4. The van der Waals surface area contributed by atoms with Crippen molar-refractivity contribution in [3.05, 3.63) is 307 Å². The minimum atomic E-state index is 0. The molecule has 8 aromatic carbocycles. The second kappa shape index (κ2) is 34.2. The maximum absolute atomic E-state index is 3.90.